The molecule has 2 aromatic rings. The van der Waals surface area contributed by atoms with Gasteiger partial charge in [0.1, 0.15) is 11.7 Å². The number of aliphatic imine (C=N–C) groups is 1. The topological polar surface area (TPSA) is 52.3 Å². The lowest BCUT2D eigenvalue weighted by atomic mass is 10.1. The summed E-state index contributed by atoms with van der Waals surface area (Å²) in [4.78, 5) is 25.0. The molecule has 1 amide bonds. The van der Waals surface area contributed by atoms with Gasteiger partial charge in [0, 0.05) is 25.8 Å². The highest BCUT2D eigenvalue weighted by atomic mass is 19.1. The highest BCUT2D eigenvalue weighted by molar-refractivity contribution is 6.09. The summed E-state index contributed by atoms with van der Waals surface area (Å²) in [6, 6.07) is 10.5. The molecular formula is C20H20FN5O. The number of benzene rings is 2. The van der Waals surface area contributed by atoms with Crippen molar-refractivity contribution in [1.82, 2.24) is 9.80 Å². The van der Waals surface area contributed by atoms with Crippen molar-refractivity contribution in [1.29, 1.82) is 0 Å². The highest BCUT2D eigenvalue weighted by Crippen LogP contribution is 2.27. The van der Waals surface area contributed by atoms with Gasteiger partial charge < -0.3 is 10.2 Å². The van der Waals surface area contributed by atoms with Gasteiger partial charge in [-0.1, -0.05) is 12.1 Å². The van der Waals surface area contributed by atoms with E-state index in [4.69, 9.17) is 6.57 Å². The molecule has 0 unspecified atom stereocenters. The first-order chi connectivity index (χ1) is 13.0. The SMILES string of the molecule is [C-]#[N+]c1ccc(N=C2CN(C)CCN2C)c(C(=O)Nc2cccc(F)c2)c1. The van der Waals surface area contributed by atoms with Crippen LogP contribution in [0.15, 0.2) is 47.5 Å². The molecule has 0 radical (unpaired) electrons. The van der Waals surface area contributed by atoms with Crippen LogP contribution in [0.1, 0.15) is 10.4 Å². The third-order valence-electron chi connectivity index (χ3n) is 4.35. The molecule has 3 rings (SSSR count). The second-order valence-corrected chi connectivity index (χ2v) is 6.47. The van der Waals surface area contributed by atoms with E-state index in [1.54, 1.807) is 18.2 Å². The molecule has 0 aliphatic carbocycles. The maximum atomic E-state index is 13.4. The first-order valence-corrected chi connectivity index (χ1v) is 8.52. The maximum Gasteiger partial charge on any atom is 0.256 e. The Hall–Kier alpha value is -3.24. The van der Waals surface area contributed by atoms with Gasteiger partial charge >= 0.3 is 0 Å². The van der Waals surface area contributed by atoms with E-state index in [1.807, 2.05) is 14.1 Å². The Kier molecular flexibility index (Phi) is 5.48. The molecule has 27 heavy (non-hydrogen) atoms. The molecule has 7 heteroatoms. The number of rotatable bonds is 3. The molecule has 1 fully saturated rings. The van der Waals surface area contributed by atoms with Crippen LogP contribution in [0.5, 0.6) is 0 Å². The number of hydrogen-bond donors (Lipinski definition) is 1. The van der Waals surface area contributed by atoms with Crippen molar-refractivity contribution in [3.05, 3.63) is 65.3 Å². The fourth-order valence-electron chi connectivity index (χ4n) is 2.79. The lowest BCUT2D eigenvalue weighted by Gasteiger charge is -2.32. The number of carbonyl (C=O) groups excluding carboxylic acids is 1. The molecular weight excluding hydrogens is 345 g/mol. The number of anilines is 1. The first-order valence-electron chi connectivity index (χ1n) is 8.52. The van der Waals surface area contributed by atoms with Crippen molar-refractivity contribution in [2.45, 2.75) is 0 Å². The van der Waals surface area contributed by atoms with E-state index in [1.165, 1.54) is 24.3 Å². The Morgan fingerprint density at radius 2 is 2.04 bits per heavy atom. The van der Waals surface area contributed by atoms with Crippen molar-refractivity contribution >= 4 is 28.8 Å². The average molecular weight is 365 g/mol. The van der Waals surface area contributed by atoms with Crippen LogP contribution in [0, 0.1) is 12.4 Å². The van der Waals surface area contributed by atoms with Crippen molar-refractivity contribution in [3.8, 4) is 0 Å². The second kappa shape index (κ2) is 7.98. The molecule has 0 saturated carbocycles. The van der Waals surface area contributed by atoms with Crippen LogP contribution in [0.2, 0.25) is 0 Å². The predicted octanol–water partition coefficient (Wildman–Crippen LogP) is 3.54. The summed E-state index contributed by atoms with van der Waals surface area (Å²) < 4.78 is 13.4. The second-order valence-electron chi connectivity index (χ2n) is 6.47. The zero-order valence-electron chi connectivity index (χ0n) is 15.2. The summed E-state index contributed by atoms with van der Waals surface area (Å²) in [6.45, 7) is 9.67. The lowest BCUT2D eigenvalue weighted by molar-refractivity contribution is 0.102. The fourth-order valence-corrected chi connectivity index (χ4v) is 2.79. The number of nitrogens with one attached hydrogen (secondary N) is 1. The molecule has 1 aliphatic rings. The Bertz CT molecular complexity index is 934. The van der Waals surface area contributed by atoms with Crippen molar-refractivity contribution < 1.29 is 9.18 Å². The van der Waals surface area contributed by atoms with E-state index in [2.05, 4.69) is 25.0 Å². The Morgan fingerprint density at radius 3 is 2.78 bits per heavy atom. The van der Waals surface area contributed by atoms with Gasteiger partial charge in [-0.25, -0.2) is 14.2 Å². The fraction of sp³-hybridized carbons (Fsp3) is 0.250. The number of likely N-dealkylation sites (N-methyl/N-ethyl adjacent to an activating group) is 2. The van der Waals surface area contributed by atoms with Crippen molar-refractivity contribution in [3.63, 3.8) is 0 Å². The van der Waals surface area contributed by atoms with E-state index in [9.17, 15) is 9.18 Å². The van der Waals surface area contributed by atoms with Gasteiger partial charge in [-0.3, -0.25) is 9.69 Å². The molecule has 0 aromatic heterocycles. The summed E-state index contributed by atoms with van der Waals surface area (Å²) in [7, 11) is 3.98. The van der Waals surface area contributed by atoms with E-state index in [0.717, 1.165) is 18.9 Å². The normalized spacial score (nSPS) is 16.2. The van der Waals surface area contributed by atoms with Gasteiger partial charge in [-0.15, -0.1) is 0 Å². The van der Waals surface area contributed by atoms with Gasteiger partial charge in [0.2, 0.25) is 0 Å². The van der Waals surface area contributed by atoms with Gasteiger partial charge in [0.25, 0.3) is 5.91 Å². The quantitative estimate of drug-likeness (QED) is 0.847. The highest BCUT2D eigenvalue weighted by Gasteiger charge is 2.19. The number of halogens is 1. The first kappa shape index (κ1) is 18.5. The van der Waals surface area contributed by atoms with E-state index in [-0.39, 0.29) is 5.56 Å². The predicted molar refractivity (Wildman–Crippen MR) is 104 cm³/mol. The summed E-state index contributed by atoms with van der Waals surface area (Å²) in [5, 5.41) is 2.67. The van der Waals surface area contributed by atoms with E-state index >= 15 is 0 Å². The third kappa shape index (κ3) is 4.49. The number of hydrogen-bond acceptors (Lipinski definition) is 3. The molecule has 1 aliphatic heterocycles. The van der Waals surface area contributed by atoms with E-state index in [0.29, 0.717) is 23.6 Å². The molecule has 0 atom stereocenters. The number of carbonyl (C=O) groups is 1. The van der Waals surface area contributed by atoms with Crippen LogP contribution in [0.4, 0.5) is 21.5 Å². The minimum absolute atomic E-state index is 0.280. The molecule has 0 bridgehead atoms. The zero-order valence-corrected chi connectivity index (χ0v) is 15.2. The van der Waals surface area contributed by atoms with Crippen LogP contribution < -0.4 is 5.32 Å². The summed E-state index contributed by atoms with van der Waals surface area (Å²) in [6.07, 6.45) is 0. The molecule has 2 aromatic carbocycles. The molecule has 6 nitrogen and oxygen atoms in total. The number of piperazine rings is 1. The monoisotopic (exact) mass is 365 g/mol. The Balaban J connectivity index is 1.95. The average Bonchev–Trinajstić information content (AvgIpc) is 2.65. The molecule has 0 spiro atoms. The van der Waals surface area contributed by atoms with Crippen LogP contribution in [-0.4, -0.2) is 55.3 Å². The molecule has 138 valence electrons. The van der Waals surface area contributed by atoms with E-state index < -0.39 is 11.7 Å². The number of amides is 1. The Morgan fingerprint density at radius 1 is 1.22 bits per heavy atom. The third-order valence-corrected chi connectivity index (χ3v) is 4.35. The lowest BCUT2D eigenvalue weighted by Crippen LogP contribution is -2.46. The smallest absolute Gasteiger partial charge is 0.256 e. The molecule has 1 N–H and O–H groups in total. The molecule has 1 heterocycles. The van der Waals surface area contributed by atoms with Crippen LogP contribution in [-0.2, 0) is 0 Å². The van der Waals surface area contributed by atoms with Crippen LogP contribution in [0.25, 0.3) is 4.85 Å². The summed E-state index contributed by atoms with van der Waals surface area (Å²) in [5.74, 6) is -0.0218. The zero-order chi connectivity index (χ0) is 19.4. The number of nitrogens with zero attached hydrogens (tertiary/aromatic N) is 4. The van der Waals surface area contributed by atoms with Gasteiger partial charge in [0.05, 0.1) is 24.4 Å². The summed E-state index contributed by atoms with van der Waals surface area (Å²) >= 11 is 0. The van der Waals surface area contributed by atoms with Crippen molar-refractivity contribution in [2.75, 3.05) is 39.0 Å². The largest absolute Gasteiger partial charge is 0.361 e. The van der Waals surface area contributed by atoms with Gasteiger partial charge in [-0.05, 0) is 37.4 Å². The minimum atomic E-state index is -0.435. The minimum Gasteiger partial charge on any atom is -0.361 e. The van der Waals surface area contributed by atoms with Crippen molar-refractivity contribution in [2.24, 2.45) is 4.99 Å². The van der Waals surface area contributed by atoms with Crippen LogP contribution in [0.3, 0.4) is 0 Å². The van der Waals surface area contributed by atoms with Gasteiger partial charge in [-0.2, -0.15) is 0 Å². The van der Waals surface area contributed by atoms with Gasteiger partial charge in [0.15, 0.2) is 5.69 Å². The Labute approximate surface area is 157 Å². The molecule has 1 saturated heterocycles. The summed E-state index contributed by atoms with van der Waals surface area (Å²) in [5.41, 5.74) is 1.45. The van der Waals surface area contributed by atoms with Crippen LogP contribution >= 0.6 is 0 Å². The standard InChI is InChI=1S/C20H20FN5O/c1-22-15-7-8-18(24-19-13-25(2)9-10-26(19)3)17(12-15)20(27)23-16-6-4-5-14(21)11-16/h4-8,11-12H,9-10,13H2,2-3H3,(H,23,27). The number of amidine groups is 1. The maximum absolute atomic E-state index is 13.4.